The number of methoxy groups -OCH3 is 1. The van der Waals surface area contributed by atoms with E-state index in [1.807, 2.05) is 32.9 Å². The molecule has 0 spiro atoms. The molecule has 0 saturated heterocycles. The van der Waals surface area contributed by atoms with Crippen molar-refractivity contribution < 1.29 is 9.53 Å². The Hall–Kier alpha value is -2.79. The first-order valence-corrected chi connectivity index (χ1v) is 12.8. The summed E-state index contributed by atoms with van der Waals surface area (Å²) >= 11 is 1.79. The number of allylic oxidation sites excluding steroid dienone is 2. The Bertz CT molecular complexity index is 978. The molecule has 0 fully saturated rings. The Kier molecular flexibility index (Phi) is 13.7. The van der Waals surface area contributed by atoms with E-state index in [4.69, 9.17) is 9.73 Å². The van der Waals surface area contributed by atoms with Gasteiger partial charge in [-0.1, -0.05) is 70.2 Å². The Morgan fingerprint density at radius 1 is 1.15 bits per heavy atom. The maximum atomic E-state index is 11.1. The summed E-state index contributed by atoms with van der Waals surface area (Å²) < 4.78 is 5.24. The van der Waals surface area contributed by atoms with Crippen LogP contribution in [0.5, 0.6) is 5.75 Å². The molecule has 0 bridgehead atoms. The van der Waals surface area contributed by atoms with Gasteiger partial charge in [0.05, 0.1) is 18.7 Å². The molecule has 1 aliphatic rings. The van der Waals surface area contributed by atoms with Crippen molar-refractivity contribution in [3.8, 4) is 5.75 Å². The number of carbonyl (C=O) groups is 1. The van der Waals surface area contributed by atoms with E-state index < -0.39 is 0 Å². The van der Waals surface area contributed by atoms with Crippen molar-refractivity contribution in [1.29, 1.82) is 0 Å². The summed E-state index contributed by atoms with van der Waals surface area (Å²) in [5, 5.41) is 2.82. The highest BCUT2D eigenvalue weighted by Gasteiger charge is 2.17. The van der Waals surface area contributed by atoms with E-state index in [2.05, 4.69) is 69.1 Å². The quantitative estimate of drug-likeness (QED) is 0.327. The van der Waals surface area contributed by atoms with E-state index in [0.29, 0.717) is 0 Å². The van der Waals surface area contributed by atoms with Gasteiger partial charge in [0.2, 0.25) is 5.91 Å². The van der Waals surface area contributed by atoms with Gasteiger partial charge in [-0.3, -0.25) is 9.79 Å². The van der Waals surface area contributed by atoms with Crippen molar-refractivity contribution in [2.45, 2.75) is 59.3 Å². The van der Waals surface area contributed by atoms with E-state index >= 15 is 0 Å². The van der Waals surface area contributed by atoms with Gasteiger partial charge in [-0.15, -0.1) is 6.58 Å². The maximum Gasteiger partial charge on any atom is 0.226 e. The molecule has 1 heterocycles. The summed E-state index contributed by atoms with van der Waals surface area (Å²) in [6.07, 6.45) is 3.82. The average molecular weight is 481 g/mol. The highest BCUT2D eigenvalue weighted by atomic mass is 32.2. The number of benzene rings is 2. The number of carbonyl (C=O) groups excluding carboxylic acids is 1. The van der Waals surface area contributed by atoms with Crippen molar-refractivity contribution in [2.75, 3.05) is 13.7 Å². The molecule has 2 aromatic carbocycles. The summed E-state index contributed by atoms with van der Waals surface area (Å²) in [6.45, 7) is 16.5. The van der Waals surface area contributed by atoms with E-state index in [9.17, 15) is 4.79 Å². The Balaban J connectivity index is 0.000000380. The number of ether oxygens (including phenoxy) is 1. The summed E-state index contributed by atoms with van der Waals surface area (Å²) in [7, 11) is 1.68. The van der Waals surface area contributed by atoms with Gasteiger partial charge in [-0.25, -0.2) is 0 Å². The molecule has 0 aromatic heterocycles. The van der Waals surface area contributed by atoms with Gasteiger partial charge in [-0.2, -0.15) is 0 Å². The molecule has 1 N–H and O–H groups in total. The molecule has 4 nitrogen and oxygen atoms in total. The zero-order valence-corrected chi connectivity index (χ0v) is 22.6. The molecule has 1 atom stereocenters. The first-order chi connectivity index (χ1) is 16.4. The van der Waals surface area contributed by atoms with Crippen LogP contribution in [0.25, 0.3) is 0 Å². The van der Waals surface area contributed by atoms with Crippen LogP contribution in [0.4, 0.5) is 0 Å². The number of hydrogen-bond acceptors (Lipinski definition) is 4. The Morgan fingerprint density at radius 3 is 2.38 bits per heavy atom. The van der Waals surface area contributed by atoms with Gasteiger partial charge < -0.3 is 10.1 Å². The third-order valence-corrected chi connectivity index (χ3v) is 6.33. The van der Waals surface area contributed by atoms with Crippen molar-refractivity contribution in [1.82, 2.24) is 5.32 Å². The van der Waals surface area contributed by atoms with E-state index in [0.717, 1.165) is 42.1 Å². The maximum absolute atomic E-state index is 11.1. The minimum Gasteiger partial charge on any atom is -0.497 e. The van der Waals surface area contributed by atoms with Gasteiger partial charge in [0.1, 0.15) is 5.75 Å². The van der Waals surface area contributed by atoms with Crippen LogP contribution in [0.1, 0.15) is 65.5 Å². The highest BCUT2D eigenvalue weighted by Crippen LogP contribution is 2.36. The molecule has 0 aliphatic carbocycles. The second kappa shape index (κ2) is 15.9. The molecule has 184 valence electrons. The van der Waals surface area contributed by atoms with E-state index in [1.165, 1.54) is 15.4 Å². The van der Waals surface area contributed by atoms with Crippen molar-refractivity contribution >= 4 is 23.4 Å². The first-order valence-electron chi connectivity index (χ1n) is 12.0. The number of unbranched alkanes of at least 4 members (excludes halogenated alkanes) is 1. The van der Waals surface area contributed by atoms with Crippen LogP contribution in [0.15, 0.2) is 81.7 Å². The van der Waals surface area contributed by atoms with Gasteiger partial charge in [-0.05, 0) is 50.6 Å². The number of fused-ring (bicyclic) bond motifs is 1. The van der Waals surface area contributed by atoms with Crippen LogP contribution in [-0.2, 0) is 4.79 Å². The Labute approximate surface area is 210 Å². The lowest BCUT2D eigenvalue weighted by Crippen LogP contribution is -2.28. The SMILES string of the molecule is C=CC(C)C(=O)NCCCC.CC.COc1ccc(C2=NC(C)=C(C)Sc3ccccc32)cc1. The lowest BCUT2D eigenvalue weighted by atomic mass is 10.0. The van der Waals surface area contributed by atoms with Crippen LogP contribution in [0.2, 0.25) is 0 Å². The minimum absolute atomic E-state index is 0.0631. The third kappa shape index (κ3) is 8.86. The number of thioether (sulfide) groups is 1. The molecule has 1 aliphatic heterocycles. The van der Waals surface area contributed by atoms with E-state index in [-0.39, 0.29) is 11.8 Å². The molecule has 0 saturated carbocycles. The molecule has 5 heteroatoms. The molecule has 1 amide bonds. The van der Waals surface area contributed by atoms with Crippen molar-refractivity contribution in [2.24, 2.45) is 10.9 Å². The second-order valence-electron chi connectivity index (χ2n) is 7.60. The Morgan fingerprint density at radius 2 is 1.79 bits per heavy atom. The fourth-order valence-corrected chi connectivity index (χ4v) is 3.87. The normalized spacial score (nSPS) is 13.0. The van der Waals surface area contributed by atoms with Crippen LogP contribution in [0.3, 0.4) is 0 Å². The van der Waals surface area contributed by atoms with Gasteiger partial charge in [0.25, 0.3) is 0 Å². The predicted octanol–water partition coefficient (Wildman–Crippen LogP) is 7.64. The van der Waals surface area contributed by atoms with Crippen LogP contribution >= 0.6 is 11.8 Å². The van der Waals surface area contributed by atoms with Crippen LogP contribution in [0, 0.1) is 5.92 Å². The summed E-state index contributed by atoms with van der Waals surface area (Å²) in [5.41, 5.74) is 4.39. The minimum atomic E-state index is -0.0631. The standard InChI is InChI=1S/C18H17NOS.C9H17NO.C2H6/c1-12-13(2)21-17-7-5-4-6-16(17)18(19-12)14-8-10-15(20-3)11-9-14;1-4-6-7-10-9(11)8(3)5-2;1-2/h4-11H,1-3H3;5,8H,2,4,6-7H2,1,3H3,(H,10,11);1-2H3. The lowest BCUT2D eigenvalue weighted by molar-refractivity contribution is -0.123. The molecule has 34 heavy (non-hydrogen) atoms. The van der Waals surface area contributed by atoms with Crippen LogP contribution < -0.4 is 10.1 Å². The van der Waals surface area contributed by atoms with Crippen LogP contribution in [-0.4, -0.2) is 25.3 Å². The summed E-state index contributed by atoms with van der Waals surface area (Å²) in [6, 6.07) is 16.5. The summed E-state index contributed by atoms with van der Waals surface area (Å²) in [5.74, 6) is 0.874. The molecular weight excluding hydrogens is 440 g/mol. The fraction of sp³-hybridized carbons (Fsp3) is 0.379. The second-order valence-corrected chi connectivity index (χ2v) is 8.85. The van der Waals surface area contributed by atoms with Gasteiger partial charge >= 0.3 is 0 Å². The number of rotatable bonds is 7. The number of hydrogen-bond donors (Lipinski definition) is 1. The van der Waals surface area contributed by atoms with Crippen molar-refractivity contribution in [3.05, 3.63) is 82.9 Å². The van der Waals surface area contributed by atoms with E-state index in [1.54, 1.807) is 24.9 Å². The number of nitrogens with one attached hydrogen (secondary N) is 1. The smallest absolute Gasteiger partial charge is 0.226 e. The summed E-state index contributed by atoms with van der Waals surface area (Å²) in [4.78, 5) is 18.4. The number of nitrogens with zero attached hydrogens (tertiary/aromatic N) is 1. The third-order valence-electron chi connectivity index (χ3n) is 5.15. The first kappa shape index (κ1) is 29.2. The molecule has 0 radical (unpaired) electrons. The van der Waals surface area contributed by atoms with Gasteiger partial charge in [0.15, 0.2) is 0 Å². The topological polar surface area (TPSA) is 50.7 Å². The van der Waals surface area contributed by atoms with Crippen molar-refractivity contribution in [3.63, 3.8) is 0 Å². The molecular formula is C29H40N2O2S. The number of amides is 1. The highest BCUT2D eigenvalue weighted by molar-refractivity contribution is 8.03. The lowest BCUT2D eigenvalue weighted by Gasteiger charge is -2.10. The fourth-order valence-electron chi connectivity index (χ4n) is 2.92. The van der Waals surface area contributed by atoms with Gasteiger partial charge in [0, 0.05) is 33.2 Å². The zero-order chi connectivity index (χ0) is 25.5. The zero-order valence-electron chi connectivity index (χ0n) is 21.8. The largest absolute Gasteiger partial charge is 0.497 e. The average Bonchev–Trinajstić information content (AvgIpc) is 3.01. The molecule has 2 aromatic rings. The monoisotopic (exact) mass is 480 g/mol. The predicted molar refractivity (Wildman–Crippen MR) is 148 cm³/mol. The molecule has 1 unspecified atom stereocenters. The molecule has 3 rings (SSSR count). The number of aliphatic imine (C=N–C) groups is 1.